The van der Waals surface area contributed by atoms with E-state index in [9.17, 15) is 14.7 Å². The predicted molar refractivity (Wildman–Crippen MR) is 149 cm³/mol. The fraction of sp³-hybridized carbons (Fsp3) is 0.375. The van der Waals surface area contributed by atoms with Gasteiger partial charge >= 0.3 is 0 Å². The van der Waals surface area contributed by atoms with E-state index in [1.165, 1.54) is 4.90 Å². The number of aromatic hydroxyl groups is 1. The van der Waals surface area contributed by atoms with Crippen molar-refractivity contribution in [1.29, 1.82) is 0 Å². The molecule has 0 radical (unpaired) electrons. The summed E-state index contributed by atoms with van der Waals surface area (Å²) in [5.41, 5.74) is 3.92. The third-order valence-electron chi connectivity index (χ3n) is 7.57. The van der Waals surface area contributed by atoms with Crippen molar-refractivity contribution >= 4 is 23.2 Å². The number of carbonyl (C=O) groups is 2. The molecule has 198 valence electrons. The summed E-state index contributed by atoms with van der Waals surface area (Å²) in [4.78, 5) is 35.5. The quantitative estimate of drug-likeness (QED) is 0.414. The molecule has 5 rings (SSSR count). The van der Waals surface area contributed by atoms with E-state index in [-0.39, 0.29) is 28.4 Å². The highest BCUT2D eigenvalue weighted by Gasteiger charge is 2.60. The molecule has 0 spiro atoms. The highest BCUT2D eigenvalue weighted by atomic mass is 16.7. The molecule has 0 aromatic heterocycles. The number of amides is 2. The molecule has 0 unspecified atom stereocenters. The number of carbonyl (C=O) groups excluding carboxylic acids is 2. The van der Waals surface area contributed by atoms with Gasteiger partial charge in [-0.2, -0.15) is 0 Å². The van der Waals surface area contributed by atoms with Gasteiger partial charge in [0.05, 0.1) is 17.4 Å². The van der Waals surface area contributed by atoms with Crippen LogP contribution in [0.4, 0.5) is 11.4 Å². The molecule has 38 heavy (non-hydrogen) atoms. The molecule has 1 N–H and O–H groups in total. The summed E-state index contributed by atoms with van der Waals surface area (Å²) < 4.78 is 0. The topological polar surface area (TPSA) is 70.1 Å². The van der Waals surface area contributed by atoms with Crippen LogP contribution in [0.2, 0.25) is 0 Å². The van der Waals surface area contributed by atoms with Crippen molar-refractivity contribution in [3.05, 3.63) is 89.0 Å². The lowest BCUT2D eigenvalue weighted by atomic mass is 9.76. The Kier molecular flexibility index (Phi) is 6.14. The maximum Gasteiger partial charge on any atom is 0.266 e. The van der Waals surface area contributed by atoms with Crippen LogP contribution in [0.15, 0.2) is 66.7 Å². The smallest absolute Gasteiger partial charge is 0.266 e. The van der Waals surface area contributed by atoms with E-state index >= 15 is 0 Å². The Labute approximate surface area is 224 Å². The van der Waals surface area contributed by atoms with Gasteiger partial charge in [-0.25, -0.2) is 9.96 Å². The molecule has 2 saturated heterocycles. The zero-order valence-corrected chi connectivity index (χ0v) is 23.1. The first-order valence-electron chi connectivity index (χ1n) is 13.1. The van der Waals surface area contributed by atoms with E-state index in [1.54, 1.807) is 11.1 Å². The van der Waals surface area contributed by atoms with Gasteiger partial charge in [-0.05, 0) is 70.3 Å². The number of aryl methyl sites for hydroxylation is 1. The van der Waals surface area contributed by atoms with E-state index in [1.807, 2.05) is 67.6 Å². The Hall–Kier alpha value is -3.64. The Bertz CT molecular complexity index is 1370. The number of para-hydroxylation sites is 2. The molecular weight excluding hydrogens is 476 g/mol. The number of phenols is 1. The second kappa shape index (κ2) is 8.98. The van der Waals surface area contributed by atoms with Crippen molar-refractivity contribution in [3.8, 4) is 5.75 Å². The molecule has 0 saturated carbocycles. The molecule has 3 aromatic carbocycles. The molecule has 2 fully saturated rings. The Balaban J connectivity index is 1.71. The molecule has 0 bridgehead atoms. The molecule has 6 nitrogen and oxygen atoms in total. The number of phenolic OH excluding ortho intramolecular Hbond substituents is 1. The molecule has 3 atom stereocenters. The number of rotatable bonds is 3. The van der Waals surface area contributed by atoms with Gasteiger partial charge in [-0.3, -0.25) is 14.4 Å². The zero-order valence-electron chi connectivity index (χ0n) is 23.1. The van der Waals surface area contributed by atoms with Crippen LogP contribution in [0.5, 0.6) is 5.75 Å². The van der Waals surface area contributed by atoms with Crippen molar-refractivity contribution in [2.24, 2.45) is 5.92 Å². The van der Waals surface area contributed by atoms with E-state index in [4.69, 9.17) is 4.84 Å². The van der Waals surface area contributed by atoms with Crippen molar-refractivity contribution in [2.45, 2.75) is 71.4 Å². The first-order valence-corrected chi connectivity index (χ1v) is 13.1. The summed E-state index contributed by atoms with van der Waals surface area (Å²) >= 11 is 0. The van der Waals surface area contributed by atoms with Crippen LogP contribution in [0.1, 0.15) is 69.8 Å². The average molecular weight is 513 g/mol. The van der Waals surface area contributed by atoms with E-state index < -0.39 is 18.1 Å². The molecule has 3 aromatic rings. The number of fused-ring (bicyclic) bond motifs is 1. The first-order chi connectivity index (χ1) is 17.8. The monoisotopic (exact) mass is 512 g/mol. The summed E-state index contributed by atoms with van der Waals surface area (Å²) in [6.07, 6.45) is -0.947. The number of hydrogen-bond donors (Lipinski definition) is 1. The van der Waals surface area contributed by atoms with Crippen LogP contribution in [0.3, 0.4) is 0 Å². The first kappa shape index (κ1) is 26.0. The number of anilines is 2. The van der Waals surface area contributed by atoms with Gasteiger partial charge in [-0.15, -0.1) is 0 Å². The minimum Gasteiger partial charge on any atom is -0.507 e. The van der Waals surface area contributed by atoms with E-state index in [2.05, 4.69) is 41.5 Å². The zero-order chi connectivity index (χ0) is 27.6. The lowest BCUT2D eigenvalue weighted by molar-refractivity contribution is -0.126. The second-order valence-corrected chi connectivity index (χ2v) is 12.4. The van der Waals surface area contributed by atoms with E-state index in [0.717, 1.165) is 27.9 Å². The number of nitrogens with zero attached hydrogens (tertiary/aromatic N) is 2. The fourth-order valence-electron chi connectivity index (χ4n) is 5.57. The normalized spacial score (nSPS) is 21.8. The van der Waals surface area contributed by atoms with Crippen LogP contribution in [0.25, 0.3) is 0 Å². The minimum atomic E-state index is -0.947. The highest BCUT2D eigenvalue weighted by molar-refractivity contribution is 6.24. The van der Waals surface area contributed by atoms with Crippen LogP contribution >= 0.6 is 0 Å². The van der Waals surface area contributed by atoms with Crippen molar-refractivity contribution in [1.82, 2.24) is 0 Å². The minimum absolute atomic E-state index is 0.269. The van der Waals surface area contributed by atoms with E-state index in [0.29, 0.717) is 5.69 Å². The van der Waals surface area contributed by atoms with Gasteiger partial charge in [0.1, 0.15) is 11.7 Å². The molecular formula is C32H36N2O4. The molecule has 2 aliphatic rings. The molecule has 0 aliphatic carbocycles. The predicted octanol–water partition coefficient (Wildman–Crippen LogP) is 6.35. The van der Waals surface area contributed by atoms with Crippen molar-refractivity contribution < 1.29 is 19.5 Å². The summed E-state index contributed by atoms with van der Waals surface area (Å²) in [6.45, 7) is 14.3. The SMILES string of the molecule is Cc1ccccc1N1C(=O)[C@@H]2[C@H](ON(c3ccccc3)[C@H]2c2cc(C(C)(C)C)c(O)c(C(C)(C)C)c2)C1=O. The second-order valence-electron chi connectivity index (χ2n) is 12.4. The molecule has 2 aliphatic heterocycles. The summed E-state index contributed by atoms with van der Waals surface area (Å²) in [7, 11) is 0. The standard InChI is InChI=1S/C32H36N2O4/c1-19-13-11-12-16-24(19)33-29(36)25-26(34(38-28(25)30(33)37)21-14-9-8-10-15-21)20-17-22(31(2,3)4)27(35)23(18-20)32(5,6)7/h8-18,25-26,28,35H,1-7H3/t25-,26-,28-/m0/s1. The van der Waals surface area contributed by atoms with Gasteiger partial charge in [0.15, 0.2) is 6.10 Å². The van der Waals surface area contributed by atoms with Crippen LogP contribution in [0, 0.1) is 12.8 Å². The Morgan fingerprint density at radius 1 is 0.789 bits per heavy atom. The van der Waals surface area contributed by atoms with Crippen LogP contribution in [-0.4, -0.2) is 23.0 Å². The van der Waals surface area contributed by atoms with Gasteiger partial charge in [0, 0.05) is 0 Å². The van der Waals surface area contributed by atoms with Gasteiger partial charge < -0.3 is 5.11 Å². The number of imide groups is 1. The fourth-order valence-corrected chi connectivity index (χ4v) is 5.57. The van der Waals surface area contributed by atoms with Gasteiger partial charge in [0.2, 0.25) is 5.91 Å². The maximum absolute atomic E-state index is 14.1. The highest BCUT2D eigenvalue weighted by Crippen LogP contribution is 2.50. The van der Waals surface area contributed by atoms with Crippen LogP contribution < -0.4 is 9.96 Å². The lowest BCUT2D eigenvalue weighted by Gasteiger charge is -2.33. The number of hydrogen-bond acceptors (Lipinski definition) is 5. The van der Waals surface area contributed by atoms with Crippen molar-refractivity contribution in [3.63, 3.8) is 0 Å². The summed E-state index contributed by atoms with van der Waals surface area (Å²) in [5, 5.41) is 13.1. The average Bonchev–Trinajstić information content (AvgIpc) is 3.35. The maximum atomic E-state index is 14.1. The third kappa shape index (κ3) is 4.17. The van der Waals surface area contributed by atoms with Gasteiger partial charge in [0.25, 0.3) is 5.91 Å². The number of benzene rings is 3. The summed E-state index contributed by atoms with van der Waals surface area (Å²) in [5.74, 6) is -1.11. The van der Waals surface area contributed by atoms with Gasteiger partial charge in [-0.1, -0.05) is 77.9 Å². The Morgan fingerprint density at radius 2 is 1.34 bits per heavy atom. The Morgan fingerprint density at radius 3 is 1.89 bits per heavy atom. The third-order valence-corrected chi connectivity index (χ3v) is 7.57. The summed E-state index contributed by atoms with van der Waals surface area (Å²) in [6, 6.07) is 20.4. The molecule has 2 heterocycles. The number of hydroxylamine groups is 1. The largest absolute Gasteiger partial charge is 0.507 e. The van der Waals surface area contributed by atoms with Crippen LogP contribution in [-0.2, 0) is 25.3 Å². The molecule has 2 amide bonds. The van der Waals surface area contributed by atoms with Crippen molar-refractivity contribution in [2.75, 3.05) is 9.96 Å². The molecule has 6 heteroatoms. The lowest BCUT2D eigenvalue weighted by Crippen LogP contribution is -2.38.